The van der Waals surface area contributed by atoms with Gasteiger partial charge in [-0.25, -0.2) is 9.13 Å². The molecule has 1 aromatic rings. The highest BCUT2D eigenvalue weighted by Gasteiger charge is 2.18. The quantitative estimate of drug-likeness (QED) is 0.0473. The van der Waals surface area contributed by atoms with Crippen LogP contribution in [0.5, 0.6) is 0 Å². The third-order valence-electron chi connectivity index (χ3n) is 12.6. The molecule has 3 atom stereocenters. The molecule has 0 N–H and O–H groups in total. The summed E-state index contributed by atoms with van der Waals surface area (Å²) < 4.78 is 4.78. The van der Waals surface area contributed by atoms with Gasteiger partial charge >= 0.3 is 0 Å². The topological polar surface area (TPSA) is 8.81 Å². The van der Waals surface area contributed by atoms with Gasteiger partial charge in [-0.05, 0) is 43.4 Å². The van der Waals surface area contributed by atoms with Gasteiger partial charge in [0.2, 0.25) is 6.33 Å². The molecular weight excluding hydrogens is 617 g/mol. The molecule has 1 rings (SSSR count). The lowest BCUT2D eigenvalue weighted by Crippen LogP contribution is -2.24. The summed E-state index contributed by atoms with van der Waals surface area (Å²) in [6, 6.07) is 0.675. The van der Waals surface area contributed by atoms with E-state index in [0.29, 0.717) is 6.04 Å². The zero-order valence-electron chi connectivity index (χ0n) is 36.4. The second-order valence-electron chi connectivity index (χ2n) is 17.8. The Hall–Kier alpha value is -0.790. The van der Waals surface area contributed by atoms with Crippen LogP contribution in [0.1, 0.15) is 272 Å². The minimum atomic E-state index is 0.675. The maximum absolute atomic E-state index is 2.54. The van der Waals surface area contributed by atoms with E-state index in [1.807, 2.05) is 0 Å². The van der Waals surface area contributed by atoms with Crippen molar-refractivity contribution in [3.05, 3.63) is 18.7 Å². The zero-order chi connectivity index (χ0) is 37.0. The van der Waals surface area contributed by atoms with Crippen LogP contribution in [-0.2, 0) is 7.05 Å². The Morgan fingerprint density at radius 3 is 1.22 bits per heavy atom. The molecule has 0 saturated carbocycles. The van der Waals surface area contributed by atoms with Crippen molar-refractivity contribution in [3.63, 3.8) is 0 Å². The molecule has 0 radical (unpaired) electrons. The zero-order valence-corrected chi connectivity index (χ0v) is 36.4. The van der Waals surface area contributed by atoms with E-state index in [9.17, 15) is 0 Å². The average molecular weight is 714 g/mol. The minimum absolute atomic E-state index is 0.675. The molecule has 3 unspecified atom stereocenters. The van der Waals surface area contributed by atoms with Crippen molar-refractivity contribution in [1.29, 1.82) is 0 Å². The van der Waals surface area contributed by atoms with Gasteiger partial charge < -0.3 is 0 Å². The lowest BCUT2D eigenvalue weighted by atomic mass is 9.88. The van der Waals surface area contributed by atoms with E-state index in [0.717, 1.165) is 17.8 Å². The van der Waals surface area contributed by atoms with E-state index < -0.39 is 0 Å². The second kappa shape index (κ2) is 36.2. The van der Waals surface area contributed by atoms with E-state index in [-0.39, 0.29) is 0 Å². The first-order valence-corrected chi connectivity index (χ1v) is 24.0. The molecule has 2 heteroatoms. The Balaban J connectivity index is 2.42. The fraction of sp³-hybridized carbons (Fsp3) is 0.939. The molecular formula is C49H97N2+. The molecule has 2 nitrogen and oxygen atoms in total. The predicted octanol–water partition coefficient (Wildman–Crippen LogP) is 16.8. The normalized spacial score (nSPS) is 13.7. The number of hydrogen-bond donors (Lipinski definition) is 0. The summed E-state index contributed by atoms with van der Waals surface area (Å²) in [5.41, 5.74) is 0. The summed E-state index contributed by atoms with van der Waals surface area (Å²) in [6.45, 7) is 11.9. The largest absolute Gasteiger partial charge is 0.243 e. The second-order valence-corrected chi connectivity index (χ2v) is 17.8. The molecule has 0 aliphatic carbocycles. The van der Waals surface area contributed by atoms with Gasteiger partial charge in [-0.15, -0.1) is 0 Å². The fourth-order valence-electron chi connectivity index (χ4n) is 8.56. The molecule has 51 heavy (non-hydrogen) atoms. The highest BCUT2D eigenvalue weighted by molar-refractivity contribution is 4.77. The van der Waals surface area contributed by atoms with Gasteiger partial charge in [-0.1, -0.05) is 240 Å². The molecule has 0 aromatic carbocycles. The van der Waals surface area contributed by atoms with Gasteiger partial charge in [0.05, 0.1) is 7.05 Å². The lowest BCUT2D eigenvalue weighted by molar-refractivity contribution is -0.671. The summed E-state index contributed by atoms with van der Waals surface area (Å²) in [5.74, 6) is 2.73. The Bertz CT molecular complexity index is 785. The molecule has 0 aliphatic heterocycles. The number of unbranched alkanes of at least 4 members (excludes halogenated alkanes) is 23. The summed E-state index contributed by atoms with van der Waals surface area (Å²) in [7, 11) is 2.18. The Labute approximate surface area is 323 Å². The first-order valence-electron chi connectivity index (χ1n) is 24.0. The monoisotopic (exact) mass is 714 g/mol. The molecule has 0 amide bonds. The van der Waals surface area contributed by atoms with E-state index in [1.165, 1.54) is 231 Å². The molecule has 302 valence electrons. The van der Waals surface area contributed by atoms with Crippen molar-refractivity contribution in [1.82, 2.24) is 4.57 Å². The van der Waals surface area contributed by atoms with E-state index in [1.54, 1.807) is 0 Å². The van der Waals surface area contributed by atoms with Crippen LogP contribution in [-0.4, -0.2) is 4.57 Å². The highest BCUT2D eigenvalue weighted by atomic mass is 15.1. The van der Waals surface area contributed by atoms with Crippen molar-refractivity contribution in [2.75, 3.05) is 0 Å². The van der Waals surface area contributed by atoms with Crippen LogP contribution >= 0.6 is 0 Å². The summed E-state index contributed by atoms with van der Waals surface area (Å²) >= 11 is 0. The molecule has 1 aromatic heterocycles. The van der Waals surface area contributed by atoms with Gasteiger partial charge in [0, 0.05) is 0 Å². The van der Waals surface area contributed by atoms with Crippen molar-refractivity contribution in [2.24, 2.45) is 24.8 Å². The fourth-order valence-corrected chi connectivity index (χ4v) is 8.56. The van der Waals surface area contributed by atoms with Gasteiger partial charge in [-0.3, -0.25) is 0 Å². The average Bonchev–Trinajstić information content (AvgIpc) is 3.57. The number of nitrogens with zero attached hydrogens (tertiary/aromatic N) is 2. The first-order chi connectivity index (χ1) is 25.0. The van der Waals surface area contributed by atoms with Gasteiger partial charge in [-0.2, -0.15) is 0 Å². The van der Waals surface area contributed by atoms with Crippen molar-refractivity contribution < 1.29 is 4.57 Å². The van der Waals surface area contributed by atoms with Crippen LogP contribution in [0.3, 0.4) is 0 Å². The van der Waals surface area contributed by atoms with Crippen LogP contribution in [0.2, 0.25) is 0 Å². The number of rotatable bonds is 40. The standard InChI is InChI=1S/C49H97N2/c1-7-10-12-14-16-18-20-22-24-26-28-30-37-48(38-31-29-27-25-23-21-19-17-15-13-11-8-2)39-32-33-40-49(51-44-43-50(6)45-51)42-41-47(5)36-34-35-46(4)9-3/h43-49H,7-42H2,1-6H3/q+1. The Morgan fingerprint density at radius 1 is 0.412 bits per heavy atom. The minimum Gasteiger partial charge on any atom is -0.240 e. The van der Waals surface area contributed by atoms with Crippen molar-refractivity contribution in [3.8, 4) is 0 Å². The Morgan fingerprint density at radius 2 is 0.804 bits per heavy atom. The van der Waals surface area contributed by atoms with Gasteiger partial charge in [0.15, 0.2) is 0 Å². The van der Waals surface area contributed by atoms with Crippen LogP contribution in [0.15, 0.2) is 18.7 Å². The summed E-state index contributed by atoms with van der Waals surface area (Å²) in [5, 5.41) is 0. The lowest BCUT2D eigenvalue weighted by Gasteiger charge is -2.19. The van der Waals surface area contributed by atoms with Crippen LogP contribution in [0.4, 0.5) is 0 Å². The molecule has 0 bridgehead atoms. The maximum Gasteiger partial charge on any atom is 0.243 e. The van der Waals surface area contributed by atoms with E-state index in [4.69, 9.17) is 0 Å². The number of aromatic nitrogens is 2. The third kappa shape index (κ3) is 30.3. The van der Waals surface area contributed by atoms with Crippen LogP contribution in [0.25, 0.3) is 0 Å². The van der Waals surface area contributed by atoms with Crippen molar-refractivity contribution in [2.45, 2.75) is 272 Å². The summed E-state index contributed by atoms with van der Waals surface area (Å²) in [4.78, 5) is 0. The SMILES string of the molecule is CCCCCCCCCCCCCCC(CCCCCCCCCCCCCC)CCCCC(CCC(C)CCCC(C)CC)n1cc[n+](C)c1. The van der Waals surface area contributed by atoms with Crippen LogP contribution in [0, 0.1) is 17.8 Å². The van der Waals surface area contributed by atoms with Gasteiger partial charge in [0.1, 0.15) is 18.4 Å². The van der Waals surface area contributed by atoms with E-state index in [2.05, 4.69) is 69.5 Å². The van der Waals surface area contributed by atoms with E-state index >= 15 is 0 Å². The van der Waals surface area contributed by atoms with Crippen molar-refractivity contribution >= 4 is 0 Å². The summed E-state index contributed by atoms with van der Waals surface area (Å²) in [6.07, 6.45) is 59.0. The molecule has 0 fully saturated rings. The Kier molecular flexibility index (Phi) is 34.2. The number of hydrogen-bond acceptors (Lipinski definition) is 0. The van der Waals surface area contributed by atoms with Crippen LogP contribution < -0.4 is 4.57 Å². The number of aryl methyl sites for hydroxylation is 1. The third-order valence-corrected chi connectivity index (χ3v) is 12.6. The predicted molar refractivity (Wildman–Crippen MR) is 230 cm³/mol. The maximum atomic E-state index is 2.54. The first kappa shape index (κ1) is 48.2. The smallest absolute Gasteiger partial charge is 0.240 e. The molecule has 1 heterocycles. The number of imidazole rings is 1. The van der Waals surface area contributed by atoms with Gasteiger partial charge in [0.25, 0.3) is 0 Å². The highest BCUT2D eigenvalue weighted by Crippen LogP contribution is 2.29. The molecule has 0 aliphatic rings. The molecule has 0 spiro atoms. The molecule has 0 saturated heterocycles.